The van der Waals surface area contributed by atoms with Crippen LogP contribution in [0.3, 0.4) is 0 Å². The third-order valence-corrected chi connectivity index (χ3v) is 1.78. The predicted octanol–water partition coefficient (Wildman–Crippen LogP) is 2.40. The van der Waals surface area contributed by atoms with Crippen molar-refractivity contribution >= 4 is 23.6 Å². The number of carbonyl (C=O) groups excluding carboxylic acids is 1. The lowest BCUT2D eigenvalue weighted by molar-refractivity contribution is -0.104. The average Bonchev–Trinajstić information content (AvgIpc) is 2.19. The van der Waals surface area contributed by atoms with E-state index in [1.54, 1.807) is 11.1 Å². The lowest BCUT2D eigenvalue weighted by Crippen LogP contribution is -2.08. The first-order chi connectivity index (χ1) is 6.24. The Morgan fingerprint density at radius 1 is 1.38 bits per heavy atom. The molecule has 2 nitrogen and oxygen atoms in total. The summed E-state index contributed by atoms with van der Waals surface area (Å²) in [5.41, 5.74) is 0.988. The molecular formula is C10H10ClNO. The van der Waals surface area contributed by atoms with E-state index >= 15 is 0 Å². The number of allylic oxidation sites excluding steroid dienone is 1. The molecule has 1 aromatic carbocycles. The number of aldehydes is 1. The zero-order valence-corrected chi connectivity index (χ0v) is 8.03. The van der Waals surface area contributed by atoms with Gasteiger partial charge in [-0.05, 0) is 12.1 Å². The number of halogens is 1. The van der Waals surface area contributed by atoms with E-state index in [2.05, 4.69) is 0 Å². The van der Waals surface area contributed by atoms with Gasteiger partial charge in [0.15, 0.2) is 6.29 Å². The Bertz CT molecular complexity index is 308. The fourth-order valence-corrected chi connectivity index (χ4v) is 1.10. The standard InChI is InChI=1S/C10H10ClNO/c1-12(7-9(11)8-13)10-5-3-2-4-6-10/h2-8H,1H3/b9-7+. The molecule has 1 aromatic rings. The van der Waals surface area contributed by atoms with Crippen LogP contribution in [-0.2, 0) is 4.79 Å². The summed E-state index contributed by atoms with van der Waals surface area (Å²) in [6, 6.07) is 9.66. The third kappa shape index (κ3) is 2.92. The molecule has 0 bridgehead atoms. The molecule has 0 aliphatic heterocycles. The molecule has 3 heteroatoms. The van der Waals surface area contributed by atoms with E-state index in [4.69, 9.17) is 11.6 Å². The lowest BCUT2D eigenvalue weighted by atomic mass is 10.3. The van der Waals surface area contributed by atoms with Gasteiger partial charge in [-0.2, -0.15) is 0 Å². The van der Waals surface area contributed by atoms with Crippen molar-refractivity contribution in [1.82, 2.24) is 0 Å². The van der Waals surface area contributed by atoms with Gasteiger partial charge in [-0.25, -0.2) is 0 Å². The first-order valence-corrected chi connectivity index (χ1v) is 4.22. The Morgan fingerprint density at radius 3 is 2.54 bits per heavy atom. The van der Waals surface area contributed by atoms with Gasteiger partial charge in [-0.15, -0.1) is 0 Å². The van der Waals surface area contributed by atoms with Gasteiger partial charge in [0.25, 0.3) is 0 Å². The average molecular weight is 196 g/mol. The van der Waals surface area contributed by atoms with Crippen molar-refractivity contribution < 1.29 is 4.79 Å². The van der Waals surface area contributed by atoms with Crippen LogP contribution in [0.4, 0.5) is 5.69 Å². The van der Waals surface area contributed by atoms with Crippen molar-refractivity contribution in [1.29, 1.82) is 0 Å². The topological polar surface area (TPSA) is 20.3 Å². The normalized spacial score (nSPS) is 11.1. The van der Waals surface area contributed by atoms with Crippen LogP contribution in [0.15, 0.2) is 41.6 Å². The fourth-order valence-electron chi connectivity index (χ4n) is 0.953. The Kier molecular flexibility index (Phi) is 3.53. The van der Waals surface area contributed by atoms with E-state index in [1.165, 1.54) is 0 Å². The maximum absolute atomic E-state index is 10.2. The summed E-state index contributed by atoms with van der Waals surface area (Å²) in [7, 11) is 1.83. The summed E-state index contributed by atoms with van der Waals surface area (Å²) < 4.78 is 0. The van der Waals surface area contributed by atoms with Gasteiger partial charge >= 0.3 is 0 Å². The molecule has 0 heterocycles. The van der Waals surface area contributed by atoms with Gasteiger partial charge in [0.2, 0.25) is 0 Å². The van der Waals surface area contributed by atoms with Crippen LogP contribution >= 0.6 is 11.6 Å². The molecule has 13 heavy (non-hydrogen) atoms. The largest absolute Gasteiger partial charge is 0.349 e. The molecule has 0 spiro atoms. The van der Waals surface area contributed by atoms with Crippen molar-refractivity contribution in [3.63, 3.8) is 0 Å². The number of hydrogen-bond donors (Lipinski definition) is 0. The SMILES string of the molecule is CN(/C=C(/Cl)C=O)c1ccccc1. The summed E-state index contributed by atoms with van der Waals surface area (Å²) in [4.78, 5) is 12.0. The quantitative estimate of drug-likeness (QED) is 0.545. The molecule has 0 unspecified atom stereocenters. The molecule has 0 aliphatic carbocycles. The van der Waals surface area contributed by atoms with Crippen molar-refractivity contribution in [3.8, 4) is 0 Å². The Balaban J connectivity index is 2.80. The highest BCUT2D eigenvalue weighted by molar-refractivity contribution is 6.38. The second-order valence-electron chi connectivity index (χ2n) is 2.58. The number of carbonyl (C=O) groups is 1. The molecule has 0 N–H and O–H groups in total. The highest BCUT2D eigenvalue weighted by atomic mass is 35.5. The molecule has 0 saturated heterocycles. The van der Waals surface area contributed by atoms with E-state index in [1.807, 2.05) is 37.4 Å². The molecule has 0 fully saturated rings. The minimum Gasteiger partial charge on any atom is -0.349 e. The second kappa shape index (κ2) is 4.67. The molecule has 1 rings (SSSR count). The highest BCUT2D eigenvalue weighted by Gasteiger charge is 1.96. The van der Waals surface area contributed by atoms with Crippen LogP contribution in [0.1, 0.15) is 0 Å². The summed E-state index contributed by atoms with van der Waals surface area (Å²) in [6.07, 6.45) is 2.19. The number of hydrogen-bond acceptors (Lipinski definition) is 2. The number of benzene rings is 1. The lowest BCUT2D eigenvalue weighted by Gasteiger charge is -2.13. The minimum absolute atomic E-state index is 0.186. The van der Waals surface area contributed by atoms with E-state index in [0.717, 1.165) is 5.69 Å². The minimum atomic E-state index is 0.186. The van der Waals surface area contributed by atoms with Crippen LogP contribution in [0.2, 0.25) is 0 Å². The first kappa shape index (κ1) is 9.81. The molecule has 0 saturated carbocycles. The zero-order valence-electron chi connectivity index (χ0n) is 7.27. The highest BCUT2D eigenvalue weighted by Crippen LogP contribution is 2.12. The van der Waals surface area contributed by atoms with Gasteiger partial charge in [-0.1, -0.05) is 29.8 Å². The molecule has 0 aromatic heterocycles. The van der Waals surface area contributed by atoms with Crippen molar-refractivity contribution in [2.24, 2.45) is 0 Å². The Labute approximate surface area is 82.4 Å². The Hall–Kier alpha value is -1.28. The molecule has 0 aliphatic rings. The van der Waals surface area contributed by atoms with Gasteiger partial charge in [0, 0.05) is 18.9 Å². The van der Waals surface area contributed by atoms with Gasteiger partial charge in [0.05, 0.1) is 5.03 Å². The van der Waals surface area contributed by atoms with Crippen molar-refractivity contribution in [2.75, 3.05) is 11.9 Å². The number of rotatable bonds is 3. The van der Waals surface area contributed by atoms with Gasteiger partial charge < -0.3 is 4.90 Å². The number of para-hydroxylation sites is 1. The molecule has 0 amide bonds. The maximum atomic E-state index is 10.2. The van der Waals surface area contributed by atoms with Crippen LogP contribution in [-0.4, -0.2) is 13.3 Å². The Morgan fingerprint density at radius 2 is 2.00 bits per heavy atom. The van der Waals surface area contributed by atoms with E-state index in [0.29, 0.717) is 6.29 Å². The summed E-state index contributed by atoms with van der Waals surface area (Å²) in [5, 5.41) is 0.186. The van der Waals surface area contributed by atoms with Crippen molar-refractivity contribution in [2.45, 2.75) is 0 Å². The fraction of sp³-hybridized carbons (Fsp3) is 0.100. The van der Waals surface area contributed by atoms with Crippen LogP contribution in [0.5, 0.6) is 0 Å². The summed E-state index contributed by atoms with van der Waals surface area (Å²) in [6.45, 7) is 0. The number of anilines is 1. The molecular weight excluding hydrogens is 186 g/mol. The van der Waals surface area contributed by atoms with Crippen LogP contribution in [0, 0.1) is 0 Å². The molecule has 68 valence electrons. The zero-order chi connectivity index (χ0) is 9.68. The van der Waals surface area contributed by atoms with E-state index in [9.17, 15) is 4.79 Å². The van der Waals surface area contributed by atoms with Crippen LogP contribution < -0.4 is 4.90 Å². The van der Waals surface area contributed by atoms with E-state index < -0.39 is 0 Å². The molecule has 0 atom stereocenters. The predicted molar refractivity (Wildman–Crippen MR) is 54.8 cm³/mol. The van der Waals surface area contributed by atoms with E-state index in [-0.39, 0.29) is 5.03 Å². The monoisotopic (exact) mass is 195 g/mol. The smallest absolute Gasteiger partial charge is 0.162 e. The third-order valence-electron chi connectivity index (χ3n) is 1.59. The van der Waals surface area contributed by atoms with Gasteiger partial charge in [0.1, 0.15) is 0 Å². The number of nitrogens with zero attached hydrogens (tertiary/aromatic N) is 1. The second-order valence-corrected chi connectivity index (χ2v) is 3.01. The summed E-state index contributed by atoms with van der Waals surface area (Å²) >= 11 is 5.56. The molecule has 0 radical (unpaired) electrons. The van der Waals surface area contributed by atoms with Crippen LogP contribution in [0.25, 0.3) is 0 Å². The maximum Gasteiger partial charge on any atom is 0.162 e. The van der Waals surface area contributed by atoms with Gasteiger partial charge in [-0.3, -0.25) is 4.79 Å². The first-order valence-electron chi connectivity index (χ1n) is 3.84. The summed E-state index contributed by atoms with van der Waals surface area (Å²) in [5.74, 6) is 0. The van der Waals surface area contributed by atoms with Crippen molar-refractivity contribution in [3.05, 3.63) is 41.6 Å².